The Morgan fingerprint density at radius 3 is 3.11 bits per heavy atom. The smallest absolute Gasteiger partial charge is 0.338 e. The van der Waals surface area contributed by atoms with Crippen LogP contribution in [0.4, 0.5) is 0 Å². The number of nitrogens with zero attached hydrogens (tertiary/aromatic N) is 1. The van der Waals surface area contributed by atoms with E-state index in [0.717, 1.165) is 10.7 Å². The molecule has 0 aliphatic carbocycles. The average molecular weight is 281 g/mol. The fourth-order valence-electron chi connectivity index (χ4n) is 1.90. The molecule has 0 amide bonds. The van der Waals surface area contributed by atoms with Gasteiger partial charge in [-0.3, -0.25) is 0 Å². The summed E-state index contributed by atoms with van der Waals surface area (Å²) in [6.45, 7) is 0. The van der Waals surface area contributed by atoms with Gasteiger partial charge in [-0.05, 0) is 18.6 Å². The summed E-state index contributed by atoms with van der Waals surface area (Å²) >= 11 is 3.56. The minimum Gasteiger partial charge on any atom is -0.478 e. The Hall–Kier alpha value is -1.27. The lowest BCUT2D eigenvalue weighted by Gasteiger charge is -2.01. The minimum absolute atomic E-state index is 0.162. The first-order chi connectivity index (χ1) is 8.74. The van der Waals surface area contributed by atoms with Crippen LogP contribution in [0, 0.1) is 0 Å². The molecule has 6 heteroatoms. The van der Waals surface area contributed by atoms with Gasteiger partial charge in [0.25, 0.3) is 0 Å². The van der Waals surface area contributed by atoms with E-state index < -0.39 is 5.97 Å². The van der Waals surface area contributed by atoms with Gasteiger partial charge in [0.2, 0.25) is 0 Å². The number of carboxylic acids is 1. The molecule has 1 unspecified atom stereocenters. The highest BCUT2D eigenvalue weighted by molar-refractivity contribution is 7.99. The van der Waals surface area contributed by atoms with Crippen LogP contribution in [-0.2, 0) is 0 Å². The normalized spacial score (nSPS) is 19.2. The van der Waals surface area contributed by atoms with Gasteiger partial charge >= 0.3 is 5.97 Å². The first kappa shape index (κ1) is 11.8. The van der Waals surface area contributed by atoms with Gasteiger partial charge in [-0.25, -0.2) is 9.78 Å². The van der Waals surface area contributed by atoms with E-state index in [2.05, 4.69) is 4.98 Å². The summed E-state index contributed by atoms with van der Waals surface area (Å²) in [5.74, 6) is 0.744. The standard InChI is InChI=1S/C12H11NO3S2/c14-12(15)7-4-9(16-5-7)8-6-18-11(13-8)10-2-1-3-17-10/h4-6,10H,1-3H2,(H,14,15). The summed E-state index contributed by atoms with van der Waals surface area (Å²) < 4.78 is 5.24. The summed E-state index contributed by atoms with van der Waals surface area (Å²) in [6, 6.07) is 1.52. The molecular weight excluding hydrogens is 270 g/mol. The van der Waals surface area contributed by atoms with E-state index in [-0.39, 0.29) is 5.56 Å². The lowest BCUT2D eigenvalue weighted by Crippen LogP contribution is -1.91. The van der Waals surface area contributed by atoms with Crippen LogP contribution in [0.3, 0.4) is 0 Å². The van der Waals surface area contributed by atoms with Crippen molar-refractivity contribution in [1.82, 2.24) is 4.98 Å². The van der Waals surface area contributed by atoms with Gasteiger partial charge in [0.15, 0.2) is 5.76 Å². The molecule has 0 radical (unpaired) electrons. The van der Waals surface area contributed by atoms with Crippen LogP contribution in [-0.4, -0.2) is 21.8 Å². The molecule has 0 aromatic carbocycles. The number of thiazole rings is 1. The first-order valence-corrected chi connectivity index (χ1v) is 7.56. The number of hydrogen-bond acceptors (Lipinski definition) is 5. The second-order valence-corrected chi connectivity index (χ2v) is 6.28. The van der Waals surface area contributed by atoms with Crippen molar-refractivity contribution in [1.29, 1.82) is 0 Å². The molecule has 4 nitrogen and oxygen atoms in total. The van der Waals surface area contributed by atoms with Crippen molar-refractivity contribution in [3.8, 4) is 11.5 Å². The Kier molecular flexibility index (Phi) is 3.13. The molecule has 1 aliphatic heterocycles. The van der Waals surface area contributed by atoms with E-state index >= 15 is 0 Å². The molecule has 1 atom stereocenters. The molecule has 2 aromatic heterocycles. The zero-order chi connectivity index (χ0) is 12.5. The summed E-state index contributed by atoms with van der Waals surface area (Å²) in [6.07, 6.45) is 3.67. The van der Waals surface area contributed by atoms with Gasteiger partial charge in [-0.2, -0.15) is 11.8 Å². The van der Waals surface area contributed by atoms with Crippen molar-refractivity contribution < 1.29 is 14.3 Å². The van der Waals surface area contributed by atoms with Crippen LogP contribution >= 0.6 is 23.1 Å². The molecule has 1 saturated heterocycles. The quantitative estimate of drug-likeness (QED) is 0.930. The Bertz CT molecular complexity index is 569. The molecule has 1 N–H and O–H groups in total. The molecule has 3 heterocycles. The number of hydrogen-bond donors (Lipinski definition) is 1. The van der Waals surface area contributed by atoms with Crippen LogP contribution < -0.4 is 0 Å². The number of carbonyl (C=O) groups is 1. The van der Waals surface area contributed by atoms with Crippen molar-refractivity contribution in [2.45, 2.75) is 18.1 Å². The number of aromatic carboxylic acids is 1. The molecule has 0 bridgehead atoms. The highest BCUT2D eigenvalue weighted by Gasteiger charge is 2.22. The van der Waals surface area contributed by atoms with Crippen molar-refractivity contribution in [3.05, 3.63) is 28.3 Å². The van der Waals surface area contributed by atoms with Gasteiger partial charge in [0.1, 0.15) is 17.0 Å². The lowest BCUT2D eigenvalue weighted by atomic mass is 10.2. The Morgan fingerprint density at radius 2 is 2.44 bits per heavy atom. The molecule has 2 aromatic rings. The third-order valence-corrected chi connectivity index (χ3v) is 5.32. The highest BCUT2D eigenvalue weighted by atomic mass is 32.2. The third kappa shape index (κ3) is 2.18. The summed E-state index contributed by atoms with van der Waals surface area (Å²) in [7, 11) is 0. The maximum atomic E-state index is 10.8. The Labute approximate surface area is 112 Å². The number of carboxylic acid groups (broad SMARTS) is 1. The van der Waals surface area contributed by atoms with Crippen molar-refractivity contribution in [3.63, 3.8) is 0 Å². The first-order valence-electron chi connectivity index (χ1n) is 5.63. The lowest BCUT2D eigenvalue weighted by molar-refractivity contribution is 0.0696. The van der Waals surface area contributed by atoms with Crippen LogP contribution in [0.5, 0.6) is 0 Å². The molecule has 1 fully saturated rings. The average Bonchev–Trinajstić information content (AvgIpc) is 3.10. The predicted molar refractivity (Wildman–Crippen MR) is 71.2 cm³/mol. The summed E-state index contributed by atoms with van der Waals surface area (Å²) in [4.78, 5) is 15.3. The number of furan rings is 1. The largest absolute Gasteiger partial charge is 0.478 e. The van der Waals surface area contributed by atoms with Gasteiger partial charge in [-0.1, -0.05) is 0 Å². The highest BCUT2D eigenvalue weighted by Crippen LogP contribution is 2.42. The molecule has 0 spiro atoms. The topological polar surface area (TPSA) is 63.3 Å². The molecule has 3 rings (SSSR count). The summed E-state index contributed by atoms with van der Waals surface area (Å²) in [5.41, 5.74) is 0.893. The number of thioether (sulfide) groups is 1. The van der Waals surface area contributed by atoms with Crippen LogP contribution in [0.25, 0.3) is 11.5 Å². The van der Waals surface area contributed by atoms with Gasteiger partial charge in [0, 0.05) is 11.4 Å². The zero-order valence-electron chi connectivity index (χ0n) is 9.46. The second kappa shape index (κ2) is 4.78. The van der Waals surface area contributed by atoms with E-state index in [1.54, 1.807) is 11.3 Å². The van der Waals surface area contributed by atoms with Gasteiger partial charge in [0.05, 0.1) is 10.8 Å². The Morgan fingerprint density at radius 1 is 1.56 bits per heavy atom. The van der Waals surface area contributed by atoms with Crippen molar-refractivity contribution in [2.24, 2.45) is 0 Å². The molecule has 0 saturated carbocycles. The van der Waals surface area contributed by atoms with Crippen LogP contribution in [0.15, 0.2) is 22.1 Å². The van der Waals surface area contributed by atoms with Gasteiger partial charge in [-0.15, -0.1) is 11.3 Å². The molecular formula is C12H11NO3S2. The molecule has 94 valence electrons. The molecule has 18 heavy (non-hydrogen) atoms. The third-order valence-electron chi connectivity index (χ3n) is 2.83. The van der Waals surface area contributed by atoms with E-state index in [1.807, 2.05) is 17.1 Å². The molecule has 1 aliphatic rings. The maximum absolute atomic E-state index is 10.8. The second-order valence-electron chi connectivity index (χ2n) is 4.08. The fourth-order valence-corrected chi connectivity index (χ4v) is 4.24. The fraction of sp³-hybridized carbons (Fsp3) is 0.333. The van der Waals surface area contributed by atoms with Crippen LogP contribution in [0.2, 0.25) is 0 Å². The number of aromatic nitrogens is 1. The zero-order valence-corrected chi connectivity index (χ0v) is 11.1. The van der Waals surface area contributed by atoms with Crippen molar-refractivity contribution in [2.75, 3.05) is 5.75 Å². The van der Waals surface area contributed by atoms with Crippen molar-refractivity contribution >= 4 is 29.1 Å². The van der Waals surface area contributed by atoms with Crippen LogP contribution in [0.1, 0.15) is 33.5 Å². The monoisotopic (exact) mass is 281 g/mol. The van der Waals surface area contributed by atoms with E-state index in [4.69, 9.17) is 9.52 Å². The van der Waals surface area contributed by atoms with E-state index in [1.165, 1.54) is 30.9 Å². The summed E-state index contributed by atoms with van der Waals surface area (Å²) in [5, 5.41) is 12.4. The van der Waals surface area contributed by atoms with Gasteiger partial charge < -0.3 is 9.52 Å². The number of rotatable bonds is 3. The minimum atomic E-state index is -0.980. The van der Waals surface area contributed by atoms with E-state index in [9.17, 15) is 4.79 Å². The van der Waals surface area contributed by atoms with E-state index in [0.29, 0.717) is 11.0 Å². The SMILES string of the molecule is O=C(O)c1coc(-c2csc(C3CCCS3)n2)c1. The predicted octanol–water partition coefficient (Wildman–Crippen LogP) is 3.67. The maximum Gasteiger partial charge on any atom is 0.338 e. The Balaban J connectivity index is 1.85.